The van der Waals surface area contributed by atoms with E-state index in [1.807, 2.05) is 4.90 Å². The van der Waals surface area contributed by atoms with Crippen molar-refractivity contribution in [1.82, 2.24) is 4.90 Å². The summed E-state index contributed by atoms with van der Waals surface area (Å²) in [5, 5.41) is 0. The zero-order valence-electron chi connectivity index (χ0n) is 11.2. The molecule has 1 amide bonds. The Balaban J connectivity index is 2.33. The maximum Gasteiger partial charge on any atom is 0.239 e. The van der Waals surface area contributed by atoms with E-state index >= 15 is 0 Å². The number of carbonyl (C=O) groups is 1. The van der Waals surface area contributed by atoms with Crippen LogP contribution in [0.15, 0.2) is 0 Å². The average Bonchev–Trinajstić information content (AvgIpc) is 2.38. The third-order valence-electron chi connectivity index (χ3n) is 3.48. The highest BCUT2D eigenvalue weighted by Crippen LogP contribution is 2.14. The molecule has 0 aromatic carbocycles. The second kappa shape index (κ2) is 7.67. The van der Waals surface area contributed by atoms with Gasteiger partial charge in [0.15, 0.2) is 0 Å². The molecular weight excluding hydrogens is 216 g/mol. The van der Waals surface area contributed by atoms with Crippen molar-refractivity contribution in [2.24, 2.45) is 11.7 Å². The number of hydrogen-bond acceptors (Lipinski definition) is 3. The fourth-order valence-corrected chi connectivity index (χ4v) is 2.13. The minimum atomic E-state index is -0.343. The number of ether oxygens (including phenoxy) is 1. The highest BCUT2D eigenvalue weighted by molar-refractivity contribution is 5.82. The summed E-state index contributed by atoms with van der Waals surface area (Å²) in [6.45, 7) is 6.93. The van der Waals surface area contributed by atoms with Crippen LogP contribution in [0.4, 0.5) is 0 Å². The molecule has 2 N–H and O–H groups in total. The molecule has 2 atom stereocenters. The van der Waals surface area contributed by atoms with Gasteiger partial charge in [0.1, 0.15) is 0 Å². The molecule has 0 spiro atoms. The molecule has 17 heavy (non-hydrogen) atoms. The lowest BCUT2D eigenvalue weighted by molar-refractivity contribution is -0.137. The van der Waals surface area contributed by atoms with E-state index in [-0.39, 0.29) is 17.9 Å². The Hall–Kier alpha value is -0.610. The van der Waals surface area contributed by atoms with Crippen LogP contribution in [0, 0.1) is 5.92 Å². The van der Waals surface area contributed by atoms with E-state index in [1.54, 1.807) is 0 Å². The lowest BCUT2D eigenvalue weighted by Crippen LogP contribution is -2.50. The van der Waals surface area contributed by atoms with E-state index in [0.29, 0.717) is 26.3 Å². The molecule has 2 unspecified atom stereocenters. The lowest BCUT2D eigenvalue weighted by Gasteiger charge is -2.31. The van der Waals surface area contributed by atoms with Gasteiger partial charge in [-0.1, -0.05) is 33.1 Å². The first-order valence-electron chi connectivity index (χ1n) is 6.79. The molecule has 0 aromatic heterocycles. The fraction of sp³-hybridized carbons (Fsp3) is 0.923. The van der Waals surface area contributed by atoms with Crippen molar-refractivity contribution >= 4 is 5.91 Å². The monoisotopic (exact) mass is 242 g/mol. The van der Waals surface area contributed by atoms with Gasteiger partial charge in [0.05, 0.1) is 19.3 Å². The Kier molecular flexibility index (Phi) is 6.52. The van der Waals surface area contributed by atoms with Gasteiger partial charge in [-0.3, -0.25) is 4.79 Å². The summed E-state index contributed by atoms with van der Waals surface area (Å²) in [4.78, 5) is 14.0. The number of rotatable bonds is 6. The summed E-state index contributed by atoms with van der Waals surface area (Å²) in [5.74, 6) is 0.370. The quantitative estimate of drug-likeness (QED) is 0.716. The summed E-state index contributed by atoms with van der Waals surface area (Å²) >= 11 is 0. The Labute approximate surface area is 104 Å². The normalized spacial score (nSPS) is 20.1. The molecular formula is C13H26N2O2. The van der Waals surface area contributed by atoms with Crippen LogP contribution in [0.5, 0.6) is 0 Å². The molecule has 4 nitrogen and oxygen atoms in total. The van der Waals surface area contributed by atoms with E-state index in [1.165, 1.54) is 19.3 Å². The zero-order chi connectivity index (χ0) is 12.7. The van der Waals surface area contributed by atoms with E-state index in [0.717, 1.165) is 6.42 Å². The minimum Gasteiger partial charge on any atom is -0.378 e. The van der Waals surface area contributed by atoms with Gasteiger partial charge in [0, 0.05) is 13.1 Å². The SMILES string of the molecule is CCCCCC(C)C(N)C(=O)N1CCOCC1. The highest BCUT2D eigenvalue weighted by Gasteiger charge is 2.26. The van der Waals surface area contributed by atoms with Gasteiger partial charge in [-0.05, 0) is 12.3 Å². The Morgan fingerprint density at radius 2 is 2.00 bits per heavy atom. The van der Waals surface area contributed by atoms with Crippen LogP contribution in [0.1, 0.15) is 39.5 Å². The molecule has 0 aliphatic carbocycles. The summed E-state index contributed by atoms with van der Waals surface area (Å²) in [6, 6.07) is -0.343. The fourth-order valence-electron chi connectivity index (χ4n) is 2.13. The van der Waals surface area contributed by atoms with Gasteiger partial charge in [-0.15, -0.1) is 0 Å². The summed E-state index contributed by atoms with van der Waals surface area (Å²) in [6.07, 6.45) is 4.65. The standard InChI is InChI=1S/C13H26N2O2/c1-3-4-5-6-11(2)12(14)13(16)15-7-9-17-10-8-15/h11-12H,3-10,14H2,1-2H3. The first kappa shape index (κ1) is 14.5. The van der Waals surface area contributed by atoms with Crippen LogP contribution in [-0.2, 0) is 9.53 Å². The molecule has 0 saturated carbocycles. The van der Waals surface area contributed by atoms with Crippen LogP contribution in [0.3, 0.4) is 0 Å². The number of unbranched alkanes of at least 4 members (excludes halogenated alkanes) is 2. The topological polar surface area (TPSA) is 55.6 Å². The van der Waals surface area contributed by atoms with Crippen molar-refractivity contribution < 1.29 is 9.53 Å². The van der Waals surface area contributed by atoms with Crippen LogP contribution < -0.4 is 5.73 Å². The summed E-state index contributed by atoms with van der Waals surface area (Å²) in [5.41, 5.74) is 6.04. The van der Waals surface area contributed by atoms with E-state index in [9.17, 15) is 4.79 Å². The number of hydrogen-bond donors (Lipinski definition) is 1. The molecule has 0 aromatic rings. The van der Waals surface area contributed by atoms with Gasteiger partial charge >= 0.3 is 0 Å². The van der Waals surface area contributed by atoms with Crippen molar-refractivity contribution in [2.75, 3.05) is 26.3 Å². The predicted molar refractivity (Wildman–Crippen MR) is 68.7 cm³/mol. The van der Waals surface area contributed by atoms with Gasteiger partial charge in [-0.25, -0.2) is 0 Å². The number of nitrogens with two attached hydrogens (primary N) is 1. The van der Waals surface area contributed by atoms with Crippen LogP contribution in [0.25, 0.3) is 0 Å². The molecule has 1 fully saturated rings. The molecule has 1 aliphatic heterocycles. The van der Waals surface area contributed by atoms with Gasteiger partial charge in [0.2, 0.25) is 5.91 Å². The highest BCUT2D eigenvalue weighted by atomic mass is 16.5. The summed E-state index contributed by atoms with van der Waals surface area (Å²) in [7, 11) is 0. The minimum absolute atomic E-state index is 0.0947. The number of morpholine rings is 1. The van der Waals surface area contributed by atoms with E-state index in [4.69, 9.17) is 10.5 Å². The van der Waals surface area contributed by atoms with Gasteiger partial charge in [-0.2, -0.15) is 0 Å². The Bertz CT molecular complexity index is 227. The van der Waals surface area contributed by atoms with Crippen molar-refractivity contribution in [1.29, 1.82) is 0 Å². The van der Waals surface area contributed by atoms with Crippen molar-refractivity contribution in [3.8, 4) is 0 Å². The maximum absolute atomic E-state index is 12.1. The third-order valence-corrected chi connectivity index (χ3v) is 3.48. The smallest absolute Gasteiger partial charge is 0.239 e. The maximum atomic E-state index is 12.1. The van der Waals surface area contributed by atoms with Gasteiger partial charge < -0.3 is 15.4 Å². The summed E-state index contributed by atoms with van der Waals surface area (Å²) < 4.78 is 5.23. The second-order valence-electron chi connectivity index (χ2n) is 4.94. The van der Waals surface area contributed by atoms with E-state index in [2.05, 4.69) is 13.8 Å². The zero-order valence-corrected chi connectivity index (χ0v) is 11.2. The molecule has 1 heterocycles. The van der Waals surface area contributed by atoms with Gasteiger partial charge in [0.25, 0.3) is 0 Å². The Morgan fingerprint density at radius 3 is 2.59 bits per heavy atom. The predicted octanol–water partition coefficient (Wildman–Crippen LogP) is 1.39. The number of carbonyl (C=O) groups excluding carboxylic acids is 1. The number of nitrogens with zero attached hydrogens (tertiary/aromatic N) is 1. The number of amides is 1. The van der Waals surface area contributed by atoms with Crippen molar-refractivity contribution in [2.45, 2.75) is 45.6 Å². The average molecular weight is 242 g/mol. The first-order chi connectivity index (χ1) is 8.16. The van der Waals surface area contributed by atoms with Crippen LogP contribution >= 0.6 is 0 Å². The molecule has 1 aliphatic rings. The van der Waals surface area contributed by atoms with E-state index < -0.39 is 0 Å². The first-order valence-corrected chi connectivity index (χ1v) is 6.79. The largest absolute Gasteiger partial charge is 0.378 e. The van der Waals surface area contributed by atoms with Crippen molar-refractivity contribution in [3.63, 3.8) is 0 Å². The molecule has 0 bridgehead atoms. The molecule has 4 heteroatoms. The van der Waals surface area contributed by atoms with Crippen LogP contribution in [0.2, 0.25) is 0 Å². The van der Waals surface area contributed by atoms with Crippen molar-refractivity contribution in [3.05, 3.63) is 0 Å². The van der Waals surface area contributed by atoms with Crippen LogP contribution in [-0.4, -0.2) is 43.2 Å². The molecule has 1 rings (SSSR count). The second-order valence-corrected chi connectivity index (χ2v) is 4.94. The molecule has 1 saturated heterocycles. The Morgan fingerprint density at radius 1 is 1.35 bits per heavy atom. The third kappa shape index (κ3) is 4.64. The molecule has 0 radical (unpaired) electrons. The molecule has 100 valence electrons. The lowest BCUT2D eigenvalue weighted by atomic mass is 9.95.